The Balaban J connectivity index is 3.95. The fourth-order valence-corrected chi connectivity index (χ4v) is 1.69. The van der Waals surface area contributed by atoms with Gasteiger partial charge >= 0.3 is 5.97 Å². The predicted molar refractivity (Wildman–Crippen MR) is 54.7 cm³/mol. The normalized spacial score (nSPS) is 15.3. The number of rotatable bonds is 7. The molecule has 2 heteroatoms. The van der Waals surface area contributed by atoms with Crippen LogP contribution in [0.25, 0.3) is 0 Å². The first-order chi connectivity index (χ1) is 6.13. The van der Waals surface area contributed by atoms with Crippen molar-refractivity contribution in [1.82, 2.24) is 0 Å². The van der Waals surface area contributed by atoms with Crippen LogP contribution in [0.1, 0.15) is 52.9 Å². The van der Waals surface area contributed by atoms with Crippen LogP contribution in [-0.4, -0.2) is 11.1 Å². The zero-order valence-corrected chi connectivity index (χ0v) is 9.05. The van der Waals surface area contributed by atoms with E-state index in [0.29, 0.717) is 5.92 Å². The number of hydrogen-bond donors (Lipinski definition) is 1. The van der Waals surface area contributed by atoms with Gasteiger partial charge in [0.2, 0.25) is 0 Å². The molecule has 78 valence electrons. The fourth-order valence-electron chi connectivity index (χ4n) is 1.69. The lowest BCUT2D eigenvalue weighted by Crippen LogP contribution is -2.21. The van der Waals surface area contributed by atoms with Crippen LogP contribution in [0.5, 0.6) is 0 Å². The summed E-state index contributed by atoms with van der Waals surface area (Å²) in [5.41, 5.74) is 0. The molecule has 1 N–H and O–H groups in total. The molecule has 2 nitrogen and oxygen atoms in total. The van der Waals surface area contributed by atoms with Gasteiger partial charge in [-0.3, -0.25) is 4.79 Å². The first-order valence-electron chi connectivity index (χ1n) is 5.36. The summed E-state index contributed by atoms with van der Waals surface area (Å²) >= 11 is 0. The van der Waals surface area contributed by atoms with Gasteiger partial charge in [-0.05, 0) is 18.8 Å². The second-order valence-corrected chi connectivity index (χ2v) is 3.85. The number of carboxylic acids is 1. The van der Waals surface area contributed by atoms with Crippen LogP contribution in [0, 0.1) is 11.8 Å². The number of carboxylic acid groups (broad SMARTS) is 1. The second-order valence-electron chi connectivity index (χ2n) is 3.85. The van der Waals surface area contributed by atoms with E-state index in [-0.39, 0.29) is 5.92 Å². The highest BCUT2D eigenvalue weighted by Crippen LogP contribution is 2.22. The summed E-state index contributed by atoms with van der Waals surface area (Å²) in [7, 11) is 0. The van der Waals surface area contributed by atoms with E-state index in [9.17, 15) is 4.79 Å². The zero-order chi connectivity index (χ0) is 10.3. The highest BCUT2D eigenvalue weighted by Gasteiger charge is 2.22. The topological polar surface area (TPSA) is 37.3 Å². The van der Waals surface area contributed by atoms with Crippen molar-refractivity contribution >= 4 is 5.97 Å². The summed E-state index contributed by atoms with van der Waals surface area (Å²) in [6.45, 7) is 6.24. The second kappa shape index (κ2) is 6.93. The molecular weight excluding hydrogens is 164 g/mol. The van der Waals surface area contributed by atoms with Gasteiger partial charge in [0, 0.05) is 0 Å². The van der Waals surface area contributed by atoms with Crippen LogP contribution >= 0.6 is 0 Å². The van der Waals surface area contributed by atoms with Gasteiger partial charge in [-0.1, -0.05) is 40.0 Å². The summed E-state index contributed by atoms with van der Waals surface area (Å²) in [4.78, 5) is 10.9. The van der Waals surface area contributed by atoms with E-state index in [1.54, 1.807) is 0 Å². The van der Waals surface area contributed by atoms with E-state index in [2.05, 4.69) is 13.8 Å². The molecule has 0 saturated carbocycles. The number of hydrogen-bond acceptors (Lipinski definition) is 1. The standard InChI is InChI=1S/C11H22O2/c1-4-6-8-9(3)10(7-5-2)11(12)13/h9-10H,4-8H2,1-3H3,(H,12,13). The van der Waals surface area contributed by atoms with E-state index in [1.807, 2.05) is 6.92 Å². The maximum absolute atomic E-state index is 10.9. The Kier molecular flexibility index (Phi) is 6.65. The molecule has 0 radical (unpaired) electrons. The average molecular weight is 186 g/mol. The summed E-state index contributed by atoms with van der Waals surface area (Å²) in [6, 6.07) is 0. The summed E-state index contributed by atoms with van der Waals surface area (Å²) in [5.74, 6) is -0.417. The van der Waals surface area contributed by atoms with Crippen LogP contribution in [-0.2, 0) is 4.79 Å². The van der Waals surface area contributed by atoms with Crippen molar-refractivity contribution in [1.29, 1.82) is 0 Å². The van der Waals surface area contributed by atoms with Gasteiger partial charge in [0.25, 0.3) is 0 Å². The largest absolute Gasteiger partial charge is 0.481 e. The molecule has 13 heavy (non-hydrogen) atoms. The number of unbranched alkanes of at least 4 members (excludes halogenated alkanes) is 1. The minimum atomic E-state index is -0.620. The third kappa shape index (κ3) is 4.91. The SMILES string of the molecule is CCCCC(C)C(CCC)C(=O)O. The molecule has 0 amide bonds. The number of aliphatic carboxylic acids is 1. The Bertz CT molecular complexity index is 143. The van der Waals surface area contributed by atoms with E-state index in [4.69, 9.17) is 5.11 Å². The third-order valence-electron chi connectivity index (χ3n) is 2.62. The lowest BCUT2D eigenvalue weighted by atomic mass is 9.86. The van der Waals surface area contributed by atoms with Crippen LogP contribution in [0.4, 0.5) is 0 Å². The Morgan fingerprint density at radius 1 is 1.23 bits per heavy atom. The maximum atomic E-state index is 10.9. The molecule has 0 aromatic rings. The molecule has 0 aliphatic carbocycles. The van der Waals surface area contributed by atoms with Crippen LogP contribution in [0.15, 0.2) is 0 Å². The van der Waals surface area contributed by atoms with Crippen LogP contribution in [0.2, 0.25) is 0 Å². The molecule has 0 heterocycles. The van der Waals surface area contributed by atoms with Crippen molar-refractivity contribution in [2.24, 2.45) is 11.8 Å². The Morgan fingerprint density at radius 3 is 2.23 bits per heavy atom. The van der Waals surface area contributed by atoms with Crippen molar-refractivity contribution in [2.75, 3.05) is 0 Å². The highest BCUT2D eigenvalue weighted by molar-refractivity contribution is 5.70. The first kappa shape index (κ1) is 12.5. The average Bonchev–Trinajstić information content (AvgIpc) is 2.09. The van der Waals surface area contributed by atoms with Gasteiger partial charge < -0.3 is 5.11 Å². The fraction of sp³-hybridized carbons (Fsp3) is 0.909. The minimum absolute atomic E-state index is 0.128. The van der Waals surface area contributed by atoms with Crippen molar-refractivity contribution < 1.29 is 9.90 Å². The lowest BCUT2D eigenvalue weighted by Gasteiger charge is -2.18. The molecule has 0 aromatic heterocycles. The first-order valence-corrected chi connectivity index (χ1v) is 5.36. The summed E-state index contributed by atoms with van der Waals surface area (Å²) in [5, 5.41) is 8.97. The Morgan fingerprint density at radius 2 is 1.85 bits per heavy atom. The Labute approximate surface area is 81.3 Å². The molecule has 2 unspecified atom stereocenters. The predicted octanol–water partition coefficient (Wildman–Crippen LogP) is 3.31. The van der Waals surface area contributed by atoms with Crippen molar-refractivity contribution in [2.45, 2.75) is 52.9 Å². The van der Waals surface area contributed by atoms with Gasteiger partial charge in [0.05, 0.1) is 5.92 Å². The third-order valence-corrected chi connectivity index (χ3v) is 2.62. The van der Waals surface area contributed by atoms with Gasteiger partial charge in [-0.2, -0.15) is 0 Å². The molecule has 2 atom stereocenters. The summed E-state index contributed by atoms with van der Waals surface area (Å²) < 4.78 is 0. The molecule has 0 saturated heterocycles. The smallest absolute Gasteiger partial charge is 0.306 e. The van der Waals surface area contributed by atoms with Gasteiger partial charge in [0.15, 0.2) is 0 Å². The highest BCUT2D eigenvalue weighted by atomic mass is 16.4. The van der Waals surface area contributed by atoms with Crippen LogP contribution in [0.3, 0.4) is 0 Å². The molecule has 0 aliphatic rings. The van der Waals surface area contributed by atoms with Crippen molar-refractivity contribution in [3.63, 3.8) is 0 Å². The minimum Gasteiger partial charge on any atom is -0.481 e. The van der Waals surface area contributed by atoms with Crippen molar-refractivity contribution in [3.05, 3.63) is 0 Å². The lowest BCUT2D eigenvalue weighted by molar-refractivity contribution is -0.143. The van der Waals surface area contributed by atoms with E-state index in [0.717, 1.165) is 32.1 Å². The number of carbonyl (C=O) groups is 1. The monoisotopic (exact) mass is 186 g/mol. The molecular formula is C11H22O2. The van der Waals surface area contributed by atoms with Crippen LogP contribution < -0.4 is 0 Å². The maximum Gasteiger partial charge on any atom is 0.306 e. The van der Waals surface area contributed by atoms with E-state index < -0.39 is 5.97 Å². The quantitative estimate of drug-likeness (QED) is 0.662. The van der Waals surface area contributed by atoms with E-state index >= 15 is 0 Å². The molecule has 0 bridgehead atoms. The molecule has 0 aromatic carbocycles. The van der Waals surface area contributed by atoms with Crippen molar-refractivity contribution in [3.8, 4) is 0 Å². The molecule has 0 rings (SSSR count). The van der Waals surface area contributed by atoms with Gasteiger partial charge in [0.1, 0.15) is 0 Å². The molecule has 0 fully saturated rings. The van der Waals surface area contributed by atoms with Gasteiger partial charge in [-0.15, -0.1) is 0 Å². The Hall–Kier alpha value is -0.530. The molecule has 0 aliphatic heterocycles. The van der Waals surface area contributed by atoms with Gasteiger partial charge in [-0.25, -0.2) is 0 Å². The summed E-state index contributed by atoms with van der Waals surface area (Å²) in [6.07, 6.45) is 5.14. The molecule has 0 spiro atoms. The van der Waals surface area contributed by atoms with E-state index in [1.165, 1.54) is 0 Å². The zero-order valence-electron chi connectivity index (χ0n) is 9.05.